The molecule has 1 amide bonds. The first-order chi connectivity index (χ1) is 12.4. The molecular formula is C14H15Br2N5O4S. The minimum atomic E-state index is -0.991. The standard InChI is InChI=1S/C14H15Br2N5O4S/c1-25-7-5-21(14-17-4-8(26-14)13(23)24)3-2-6(7)18-12(22)11-19-9(15)10(16)20-11/h4,6-7H,2-3,5H2,1H3,(H,18,22)(H,19,20)(H,23,24). The summed E-state index contributed by atoms with van der Waals surface area (Å²) < 4.78 is 6.65. The van der Waals surface area contributed by atoms with Gasteiger partial charge in [-0.15, -0.1) is 0 Å². The van der Waals surface area contributed by atoms with Crippen molar-refractivity contribution in [2.45, 2.75) is 18.6 Å². The normalized spacial score (nSPS) is 20.2. The summed E-state index contributed by atoms with van der Waals surface area (Å²) in [6.45, 7) is 1.13. The molecule has 9 nitrogen and oxygen atoms in total. The third-order valence-corrected chi connectivity index (χ3v) is 6.71. The van der Waals surface area contributed by atoms with Gasteiger partial charge in [0.05, 0.1) is 18.3 Å². The van der Waals surface area contributed by atoms with Crippen LogP contribution in [0.25, 0.3) is 0 Å². The van der Waals surface area contributed by atoms with Gasteiger partial charge in [0.25, 0.3) is 5.91 Å². The number of ether oxygens (including phenoxy) is 1. The van der Waals surface area contributed by atoms with Crippen LogP contribution in [0.2, 0.25) is 0 Å². The van der Waals surface area contributed by atoms with E-state index in [1.54, 1.807) is 7.11 Å². The van der Waals surface area contributed by atoms with Gasteiger partial charge in [-0.3, -0.25) is 4.79 Å². The minimum Gasteiger partial charge on any atom is -0.477 e. The van der Waals surface area contributed by atoms with Gasteiger partial charge in [0, 0.05) is 20.2 Å². The number of carbonyl (C=O) groups excluding carboxylic acids is 1. The SMILES string of the molecule is COC1CN(c2ncc(C(=O)O)s2)CCC1NC(=O)c1nc(Br)c(Br)[nH]1. The molecule has 3 heterocycles. The molecule has 1 aliphatic heterocycles. The Morgan fingerprint density at radius 3 is 2.85 bits per heavy atom. The van der Waals surface area contributed by atoms with Crippen molar-refractivity contribution < 1.29 is 19.4 Å². The van der Waals surface area contributed by atoms with Crippen LogP contribution in [0.1, 0.15) is 26.7 Å². The van der Waals surface area contributed by atoms with Gasteiger partial charge in [0.15, 0.2) is 11.0 Å². The number of amides is 1. The van der Waals surface area contributed by atoms with Crippen molar-refractivity contribution in [3.05, 3.63) is 26.1 Å². The molecule has 140 valence electrons. The number of aromatic carboxylic acids is 1. The number of halogens is 2. The molecule has 0 saturated carbocycles. The largest absolute Gasteiger partial charge is 0.477 e. The third-order valence-electron chi connectivity index (χ3n) is 3.99. The van der Waals surface area contributed by atoms with E-state index in [4.69, 9.17) is 9.84 Å². The molecule has 2 aromatic rings. The summed E-state index contributed by atoms with van der Waals surface area (Å²) in [4.78, 5) is 36.7. The zero-order chi connectivity index (χ0) is 18.8. The van der Waals surface area contributed by atoms with Crippen molar-refractivity contribution in [1.29, 1.82) is 0 Å². The maximum absolute atomic E-state index is 12.4. The van der Waals surface area contributed by atoms with E-state index in [0.717, 1.165) is 11.3 Å². The van der Waals surface area contributed by atoms with Crippen LogP contribution in [-0.2, 0) is 4.74 Å². The second kappa shape index (κ2) is 8.03. The quantitative estimate of drug-likeness (QED) is 0.565. The van der Waals surface area contributed by atoms with Gasteiger partial charge in [-0.05, 0) is 38.3 Å². The maximum atomic E-state index is 12.4. The van der Waals surface area contributed by atoms with E-state index in [9.17, 15) is 9.59 Å². The van der Waals surface area contributed by atoms with Crippen molar-refractivity contribution in [2.75, 3.05) is 25.1 Å². The number of nitrogens with one attached hydrogen (secondary N) is 2. The highest BCUT2D eigenvalue weighted by molar-refractivity contribution is 9.13. The molecule has 0 bridgehead atoms. The average molecular weight is 509 g/mol. The van der Waals surface area contributed by atoms with Gasteiger partial charge in [-0.1, -0.05) is 11.3 Å². The predicted molar refractivity (Wildman–Crippen MR) is 102 cm³/mol. The molecule has 2 unspecified atom stereocenters. The third kappa shape index (κ3) is 4.08. The molecule has 2 aromatic heterocycles. The molecular weight excluding hydrogens is 494 g/mol. The number of hydrogen-bond acceptors (Lipinski definition) is 7. The summed E-state index contributed by atoms with van der Waals surface area (Å²) in [7, 11) is 1.58. The lowest BCUT2D eigenvalue weighted by atomic mass is 10.0. The zero-order valence-corrected chi connectivity index (χ0v) is 17.5. The molecule has 3 N–H and O–H groups in total. The Morgan fingerprint density at radius 2 is 2.27 bits per heavy atom. The van der Waals surface area contributed by atoms with Crippen LogP contribution in [0.3, 0.4) is 0 Å². The number of aromatic nitrogens is 3. The highest BCUT2D eigenvalue weighted by Crippen LogP contribution is 2.27. The lowest BCUT2D eigenvalue weighted by Crippen LogP contribution is -2.55. The lowest BCUT2D eigenvalue weighted by molar-refractivity contribution is 0.0538. The van der Waals surface area contributed by atoms with Crippen LogP contribution in [0.15, 0.2) is 15.4 Å². The van der Waals surface area contributed by atoms with Crippen molar-refractivity contribution in [3.8, 4) is 0 Å². The Labute approximate surface area is 169 Å². The van der Waals surface area contributed by atoms with Crippen LogP contribution in [-0.4, -0.2) is 64.3 Å². The van der Waals surface area contributed by atoms with Crippen LogP contribution >= 0.6 is 43.2 Å². The highest BCUT2D eigenvalue weighted by Gasteiger charge is 2.32. The number of H-pyrrole nitrogens is 1. The Balaban J connectivity index is 1.65. The molecule has 2 atom stereocenters. The van der Waals surface area contributed by atoms with E-state index in [1.807, 2.05) is 4.90 Å². The molecule has 0 aliphatic carbocycles. The first-order valence-corrected chi connectivity index (χ1v) is 9.98. The molecule has 1 aliphatic rings. The number of carbonyl (C=O) groups is 2. The van der Waals surface area contributed by atoms with Gasteiger partial charge in [0.1, 0.15) is 14.1 Å². The second-order valence-corrected chi connectivity index (χ2v) is 8.14. The Hall–Kier alpha value is -1.50. The smallest absolute Gasteiger partial charge is 0.347 e. The average Bonchev–Trinajstić information content (AvgIpc) is 3.23. The number of methoxy groups -OCH3 is 1. The van der Waals surface area contributed by atoms with Crippen LogP contribution in [0.4, 0.5) is 5.13 Å². The van der Waals surface area contributed by atoms with Crippen molar-refractivity contribution in [1.82, 2.24) is 20.3 Å². The fourth-order valence-electron chi connectivity index (χ4n) is 2.68. The second-order valence-electron chi connectivity index (χ2n) is 5.59. The molecule has 3 rings (SSSR count). The molecule has 26 heavy (non-hydrogen) atoms. The Morgan fingerprint density at radius 1 is 1.50 bits per heavy atom. The van der Waals surface area contributed by atoms with Gasteiger partial charge in [0.2, 0.25) is 0 Å². The van der Waals surface area contributed by atoms with E-state index in [2.05, 4.69) is 52.1 Å². The van der Waals surface area contributed by atoms with Gasteiger partial charge >= 0.3 is 5.97 Å². The number of aromatic amines is 1. The van der Waals surface area contributed by atoms with Crippen LogP contribution < -0.4 is 10.2 Å². The number of piperidine rings is 1. The Kier molecular flexibility index (Phi) is 5.95. The summed E-state index contributed by atoms with van der Waals surface area (Å²) in [5.41, 5.74) is 0. The van der Waals surface area contributed by atoms with E-state index in [0.29, 0.717) is 33.8 Å². The van der Waals surface area contributed by atoms with Crippen molar-refractivity contribution in [2.24, 2.45) is 0 Å². The number of carboxylic acids is 1. The topological polar surface area (TPSA) is 120 Å². The Bertz CT molecular complexity index is 807. The molecule has 0 aromatic carbocycles. The first-order valence-electron chi connectivity index (χ1n) is 7.57. The number of nitrogens with zero attached hydrogens (tertiary/aromatic N) is 3. The highest BCUT2D eigenvalue weighted by atomic mass is 79.9. The number of anilines is 1. The minimum absolute atomic E-state index is 0.190. The van der Waals surface area contributed by atoms with E-state index in [1.165, 1.54) is 6.20 Å². The number of imidazole rings is 1. The van der Waals surface area contributed by atoms with Crippen LogP contribution in [0, 0.1) is 0 Å². The summed E-state index contributed by atoms with van der Waals surface area (Å²) in [6, 6.07) is -0.190. The lowest BCUT2D eigenvalue weighted by Gasteiger charge is -2.37. The number of thiazole rings is 1. The first kappa shape index (κ1) is 19.3. The fraction of sp³-hybridized carbons (Fsp3) is 0.429. The van der Waals surface area contributed by atoms with E-state index < -0.39 is 5.97 Å². The predicted octanol–water partition coefficient (Wildman–Crippen LogP) is 2.11. The van der Waals surface area contributed by atoms with Gasteiger partial charge in [-0.25, -0.2) is 14.8 Å². The molecule has 12 heteroatoms. The van der Waals surface area contributed by atoms with Gasteiger partial charge < -0.3 is 25.0 Å². The molecule has 0 radical (unpaired) electrons. The van der Waals surface area contributed by atoms with Gasteiger partial charge in [-0.2, -0.15) is 0 Å². The summed E-state index contributed by atoms with van der Waals surface area (Å²) in [6.07, 6.45) is 1.73. The monoisotopic (exact) mass is 507 g/mol. The number of rotatable bonds is 5. The number of hydrogen-bond donors (Lipinski definition) is 3. The molecule has 1 fully saturated rings. The molecule has 0 spiro atoms. The number of carboxylic acid groups (broad SMARTS) is 1. The van der Waals surface area contributed by atoms with E-state index >= 15 is 0 Å². The van der Waals surface area contributed by atoms with Crippen LogP contribution in [0.5, 0.6) is 0 Å². The van der Waals surface area contributed by atoms with E-state index in [-0.39, 0.29) is 28.8 Å². The van der Waals surface area contributed by atoms with Crippen molar-refractivity contribution >= 4 is 60.2 Å². The maximum Gasteiger partial charge on any atom is 0.347 e. The fourth-order valence-corrected chi connectivity index (χ4v) is 4.02. The summed E-state index contributed by atoms with van der Waals surface area (Å²) >= 11 is 7.61. The summed E-state index contributed by atoms with van der Waals surface area (Å²) in [5.74, 6) is -1.11. The summed E-state index contributed by atoms with van der Waals surface area (Å²) in [5, 5.41) is 12.6. The molecule has 1 saturated heterocycles. The van der Waals surface area contributed by atoms with Crippen molar-refractivity contribution in [3.63, 3.8) is 0 Å². The zero-order valence-electron chi connectivity index (χ0n) is 13.5.